The summed E-state index contributed by atoms with van der Waals surface area (Å²) < 4.78 is 10.6. The minimum Gasteiger partial charge on any atom is -0.303 e. The van der Waals surface area contributed by atoms with E-state index in [2.05, 4.69) is 4.94 Å². The minimum absolute atomic E-state index is 0.266. The molecule has 0 bridgehead atoms. The first-order valence-corrected chi connectivity index (χ1v) is 1.56. The van der Waals surface area contributed by atoms with E-state index in [1.54, 1.807) is 0 Å². The number of aldehydes is 1. The molecule has 0 heterocycles. The average Bonchev–Trinajstić information content (AvgIpc) is 1.68. The molecule has 0 saturated heterocycles. The zero-order valence-corrected chi connectivity index (χ0v) is 3.39. The largest absolute Gasteiger partial charge is 0.355 e. The van der Waals surface area contributed by atoms with Gasteiger partial charge in [-0.15, -0.1) is 0 Å². The van der Waals surface area contributed by atoms with Gasteiger partial charge in [0.15, 0.2) is 0 Å². The van der Waals surface area contributed by atoms with E-state index in [0.29, 0.717) is 0 Å². The standard InChI is InChI=1S/C3H3FO3/c4-7-3(6)1-2-5/h2H,1H2. The quantitative estimate of drug-likeness (QED) is 0.367. The topological polar surface area (TPSA) is 43.4 Å². The molecule has 0 aliphatic heterocycles. The fraction of sp³-hybridized carbons (Fsp3) is 0.333. The Kier molecular flexibility index (Phi) is 2.83. The van der Waals surface area contributed by atoms with Crippen molar-refractivity contribution < 1.29 is 19.1 Å². The maximum Gasteiger partial charge on any atom is 0.355 e. The molecule has 0 N–H and O–H groups in total. The van der Waals surface area contributed by atoms with Crippen molar-refractivity contribution in [2.45, 2.75) is 6.42 Å². The Labute approximate surface area is 39.0 Å². The van der Waals surface area contributed by atoms with E-state index in [1.807, 2.05) is 0 Å². The van der Waals surface area contributed by atoms with Gasteiger partial charge in [0, 0.05) is 4.53 Å². The molecule has 0 unspecified atom stereocenters. The summed E-state index contributed by atoms with van der Waals surface area (Å²) in [4.78, 5) is 21.5. The summed E-state index contributed by atoms with van der Waals surface area (Å²) in [7, 11) is 0. The van der Waals surface area contributed by atoms with E-state index in [9.17, 15) is 14.1 Å². The lowest BCUT2D eigenvalue weighted by atomic mass is 10.5. The second-order valence-corrected chi connectivity index (χ2v) is 0.820. The molecule has 0 spiro atoms. The van der Waals surface area contributed by atoms with Gasteiger partial charge in [-0.3, -0.25) is 4.94 Å². The SMILES string of the molecule is O=CCC(=O)OF. The molecule has 0 atom stereocenters. The molecule has 0 radical (unpaired) electrons. The van der Waals surface area contributed by atoms with Crippen LogP contribution in [0.2, 0.25) is 0 Å². The number of carbonyl (C=O) groups is 2. The van der Waals surface area contributed by atoms with Gasteiger partial charge in [0.05, 0.1) is 0 Å². The fourth-order valence-corrected chi connectivity index (χ4v) is 0.0995. The molecule has 0 aromatic rings. The lowest BCUT2D eigenvalue weighted by Gasteiger charge is -1.79. The summed E-state index contributed by atoms with van der Waals surface area (Å²) in [5.74, 6) is -1.16. The van der Waals surface area contributed by atoms with E-state index in [4.69, 9.17) is 0 Å². The van der Waals surface area contributed by atoms with Crippen molar-refractivity contribution in [1.82, 2.24) is 0 Å². The molecule has 0 aromatic carbocycles. The van der Waals surface area contributed by atoms with Crippen LogP contribution >= 0.6 is 0 Å². The number of hydrogen-bond donors (Lipinski definition) is 0. The van der Waals surface area contributed by atoms with E-state index < -0.39 is 12.4 Å². The number of carbonyl (C=O) groups excluding carboxylic acids is 2. The first kappa shape index (κ1) is 6.07. The first-order chi connectivity index (χ1) is 3.31. The predicted octanol–water partition coefficient (Wildman–Crippen LogP) is 0.00310. The van der Waals surface area contributed by atoms with E-state index in [-0.39, 0.29) is 6.29 Å². The molecular formula is C3H3FO3. The van der Waals surface area contributed by atoms with Crippen molar-refractivity contribution in [3.05, 3.63) is 0 Å². The van der Waals surface area contributed by atoms with Gasteiger partial charge in [-0.2, -0.15) is 0 Å². The highest BCUT2D eigenvalue weighted by atomic mass is 19.3. The summed E-state index contributed by atoms with van der Waals surface area (Å²) in [6.07, 6.45) is -0.252. The molecule has 3 nitrogen and oxygen atoms in total. The summed E-state index contributed by atoms with van der Waals surface area (Å²) in [6, 6.07) is 0. The van der Waals surface area contributed by atoms with Gasteiger partial charge in [-0.25, -0.2) is 4.79 Å². The van der Waals surface area contributed by atoms with Crippen LogP contribution in [0.1, 0.15) is 6.42 Å². The van der Waals surface area contributed by atoms with Gasteiger partial charge >= 0.3 is 5.97 Å². The van der Waals surface area contributed by atoms with Crippen LogP contribution in [0.4, 0.5) is 4.53 Å². The Bertz CT molecular complexity index is 80.2. The molecule has 0 fully saturated rings. The summed E-state index contributed by atoms with van der Waals surface area (Å²) >= 11 is 0. The van der Waals surface area contributed by atoms with E-state index >= 15 is 0 Å². The van der Waals surface area contributed by atoms with Crippen molar-refractivity contribution in [3.8, 4) is 0 Å². The van der Waals surface area contributed by atoms with Crippen LogP contribution in [-0.4, -0.2) is 12.3 Å². The Balaban J connectivity index is 3.17. The average molecular weight is 106 g/mol. The highest BCUT2D eigenvalue weighted by Crippen LogP contribution is 1.79. The van der Waals surface area contributed by atoms with Crippen LogP contribution in [-0.2, 0) is 14.5 Å². The highest BCUT2D eigenvalue weighted by molar-refractivity contribution is 5.83. The van der Waals surface area contributed by atoms with Crippen LogP contribution in [0.25, 0.3) is 0 Å². The zero-order chi connectivity index (χ0) is 5.70. The third kappa shape index (κ3) is 2.88. The number of rotatable bonds is 2. The maximum atomic E-state index is 10.6. The predicted molar refractivity (Wildman–Crippen MR) is 17.9 cm³/mol. The Hall–Kier alpha value is -0.930. The fourth-order valence-electron chi connectivity index (χ4n) is 0.0995. The van der Waals surface area contributed by atoms with E-state index in [0.717, 1.165) is 0 Å². The second kappa shape index (κ2) is 3.27. The summed E-state index contributed by atoms with van der Waals surface area (Å²) in [5, 5.41) is 0. The third-order valence-electron chi connectivity index (χ3n) is 0.336. The van der Waals surface area contributed by atoms with Gasteiger partial charge < -0.3 is 4.79 Å². The normalized spacial score (nSPS) is 7.57. The van der Waals surface area contributed by atoms with Crippen LogP contribution in [0, 0.1) is 0 Å². The van der Waals surface area contributed by atoms with Crippen molar-refractivity contribution in [1.29, 1.82) is 0 Å². The molecular weight excluding hydrogens is 103 g/mol. The summed E-state index contributed by atoms with van der Waals surface area (Å²) in [6.45, 7) is 0. The molecule has 7 heavy (non-hydrogen) atoms. The Morgan fingerprint density at radius 1 is 1.86 bits per heavy atom. The van der Waals surface area contributed by atoms with Crippen molar-refractivity contribution >= 4 is 12.3 Å². The van der Waals surface area contributed by atoms with Gasteiger partial charge in [0.1, 0.15) is 12.7 Å². The van der Waals surface area contributed by atoms with Crippen LogP contribution in [0.5, 0.6) is 0 Å². The van der Waals surface area contributed by atoms with Gasteiger partial charge in [0.2, 0.25) is 0 Å². The lowest BCUT2D eigenvalue weighted by Crippen LogP contribution is -1.96. The Morgan fingerprint density at radius 3 is 2.57 bits per heavy atom. The van der Waals surface area contributed by atoms with Crippen LogP contribution in [0.3, 0.4) is 0 Å². The number of hydrogen-bond acceptors (Lipinski definition) is 3. The monoisotopic (exact) mass is 106 g/mol. The zero-order valence-electron chi connectivity index (χ0n) is 3.39. The van der Waals surface area contributed by atoms with Crippen molar-refractivity contribution in [2.24, 2.45) is 0 Å². The van der Waals surface area contributed by atoms with Crippen molar-refractivity contribution in [2.75, 3.05) is 0 Å². The molecule has 0 amide bonds. The molecule has 0 rings (SSSR count). The van der Waals surface area contributed by atoms with E-state index in [1.165, 1.54) is 0 Å². The molecule has 0 saturated carbocycles. The molecule has 40 valence electrons. The van der Waals surface area contributed by atoms with Gasteiger partial charge in [0.25, 0.3) is 0 Å². The smallest absolute Gasteiger partial charge is 0.303 e. The molecule has 0 aromatic heterocycles. The minimum atomic E-state index is -1.16. The third-order valence-corrected chi connectivity index (χ3v) is 0.336. The molecule has 0 aliphatic carbocycles. The molecule has 0 aliphatic rings. The second-order valence-electron chi connectivity index (χ2n) is 0.820. The van der Waals surface area contributed by atoms with Crippen LogP contribution in [0.15, 0.2) is 0 Å². The molecule has 4 heteroatoms. The van der Waals surface area contributed by atoms with Crippen molar-refractivity contribution in [3.63, 3.8) is 0 Å². The van der Waals surface area contributed by atoms with Crippen LogP contribution < -0.4 is 0 Å². The maximum absolute atomic E-state index is 10.6. The lowest BCUT2D eigenvalue weighted by molar-refractivity contribution is -0.183. The Morgan fingerprint density at radius 2 is 2.43 bits per heavy atom. The van der Waals surface area contributed by atoms with Gasteiger partial charge in [-0.05, 0) is 0 Å². The first-order valence-electron chi connectivity index (χ1n) is 1.56. The highest BCUT2D eigenvalue weighted by Gasteiger charge is 1.97. The number of halogens is 1. The van der Waals surface area contributed by atoms with Gasteiger partial charge in [-0.1, -0.05) is 0 Å². The summed E-state index contributed by atoms with van der Waals surface area (Å²) in [5.41, 5.74) is 0.